The molecule has 1 fully saturated rings. The Labute approximate surface area is 106 Å². The molecule has 0 bridgehead atoms. The van der Waals surface area contributed by atoms with Crippen molar-refractivity contribution in [1.82, 2.24) is 4.90 Å². The molecular weight excluding hydrogens is 214 g/mol. The Morgan fingerprint density at radius 1 is 1.29 bits per heavy atom. The van der Waals surface area contributed by atoms with Gasteiger partial charge in [0, 0.05) is 24.6 Å². The Kier molecular flexibility index (Phi) is 5.90. The third kappa shape index (κ3) is 4.23. The fraction of sp³-hybridized carbons (Fsp3) is 1.00. The first-order valence-electron chi connectivity index (χ1n) is 7.01. The first-order valence-corrected chi connectivity index (χ1v) is 7.01. The number of aliphatic hydroxyl groups is 2. The Morgan fingerprint density at radius 2 is 1.94 bits per heavy atom. The average Bonchev–Trinajstić information content (AvgIpc) is 2.29. The summed E-state index contributed by atoms with van der Waals surface area (Å²) in [5.41, 5.74) is -0.0271. The molecule has 3 heteroatoms. The number of nitrogens with zero attached hydrogens (tertiary/aromatic N) is 1. The molecule has 0 aliphatic heterocycles. The molecule has 0 aromatic heterocycles. The van der Waals surface area contributed by atoms with Crippen LogP contribution in [0.2, 0.25) is 0 Å². The molecule has 1 aliphatic carbocycles. The van der Waals surface area contributed by atoms with Crippen LogP contribution in [0.1, 0.15) is 52.4 Å². The van der Waals surface area contributed by atoms with Crippen LogP contribution in [0.5, 0.6) is 0 Å². The second-order valence-electron chi connectivity index (χ2n) is 6.05. The van der Waals surface area contributed by atoms with Crippen molar-refractivity contribution in [3.8, 4) is 0 Å². The monoisotopic (exact) mass is 243 g/mol. The molecule has 0 saturated heterocycles. The minimum absolute atomic E-state index is 0.0271. The molecule has 0 spiro atoms. The third-order valence-electron chi connectivity index (χ3n) is 4.13. The number of rotatable bonds is 6. The summed E-state index contributed by atoms with van der Waals surface area (Å²) in [6, 6.07) is 0.284. The van der Waals surface area contributed by atoms with Gasteiger partial charge in [-0.15, -0.1) is 0 Å². The van der Waals surface area contributed by atoms with Crippen molar-refractivity contribution in [2.24, 2.45) is 5.41 Å². The highest BCUT2D eigenvalue weighted by molar-refractivity contribution is 4.85. The zero-order valence-corrected chi connectivity index (χ0v) is 11.7. The smallest absolute Gasteiger partial charge is 0.0695 e. The van der Waals surface area contributed by atoms with Gasteiger partial charge < -0.3 is 15.1 Å². The second kappa shape index (κ2) is 6.72. The molecule has 0 radical (unpaired) electrons. The molecule has 0 aromatic rings. The molecule has 0 amide bonds. The molecule has 3 unspecified atom stereocenters. The molecule has 102 valence electrons. The van der Waals surface area contributed by atoms with E-state index in [2.05, 4.69) is 25.8 Å². The third-order valence-corrected chi connectivity index (χ3v) is 4.13. The van der Waals surface area contributed by atoms with Crippen molar-refractivity contribution in [2.75, 3.05) is 20.2 Å². The Morgan fingerprint density at radius 3 is 2.47 bits per heavy atom. The van der Waals surface area contributed by atoms with E-state index in [4.69, 9.17) is 0 Å². The number of hydrogen-bond donors (Lipinski definition) is 2. The summed E-state index contributed by atoms with van der Waals surface area (Å²) < 4.78 is 0. The van der Waals surface area contributed by atoms with Crippen LogP contribution in [0.15, 0.2) is 0 Å². The second-order valence-corrected chi connectivity index (χ2v) is 6.05. The summed E-state index contributed by atoms with van der Waals surface area (Å²) in [6.07, 6.45) is 6.34. The first kappa shape index (κ1) is 14.9. The summed E-state index contributed by atoms with van der Waals surface area (Å²) in [6.45, 7) is 5.40. The predicted octanol–water partition coefficient (Wildman–Crippen LogP) is 2.02. The quantitative estimate of drug-likeness (QED) is 0.750. The van der Waals surface area contributed by atoms with Gasteiger partial charge in [-0.2, -0.15) is 0 Å². The molecule has 3 atom stereocenters. The number of hydrogen-bond acceptors (Lipinski definition) is 3. The molecule has 1 aliphatic rings. The molecule has 3 nitrogen and oxygen atoms in total. The van der Waals surface area contributed by atoms with Crippen LogP contribution < -0.4 is 0 Å². The van der Waals surface area contributed by atoms with E-state index in [1.807, 2.05) is 0 Å². The molecule has 17 heavy (non-hydrogen) atoms. The SMILES string of the molecule is CCCC(C)(CO)CN(C)C1CCCCC1O. The zero-order valence-electron chi connectivity index (χ0n) is 11.7. The van der Waals surface area contributed by atoms with Gasteiger partial charge in [-0.25, -0.2) is 0 Å². The fourth-order valence-electron chi connectivity index (χ4n) is 3.14. The molecule has 1 rings (SSSR count). The summed E-state index contributed by atoms with van der Waals surface area (Å²) >= 11 is 0. The van der Waals surface area contributed by atoms with Gasteiger partial charge in [-0.3, -0.25) is 0 Å². The Balaban J connectivity index is 2.53. The van der Waals surface area contributed by atoms with Crippen LogP contribution >= 0.6 is 0 Å². The van der Waals surface area contributed by atoms with Crippen LogP contribution in [0, 0.1) is 5.41 Å². The van der Waals surface area contributed by atoms with Crippen molar-refractivity contribution < 1.29 is 10.2 Å². The van der Waals surface area contributed by atoms with E-state index in [9.17, 15) is 10.2 Å². The van der Waals surface area contributed by atoms with Crippen molar-refractivity contribution in [1.29, 1.82) is 0 Å². The maximum absolute atomic E-state index is 10.0. The molecule has 2 N–H and O–H groups in total. The van der Waals surface area contributed by atoms with Crippen LogP contribution in [0.3, 0.4) is 0 Å². The van der Waals surface area contributed by atoms with E-state index in [0.717, 1.165) is 38.6 Å². The van der Waals surface area contributed by atoms with E-state index in [0.29, 0.717) is 0 Å². The maximum atomic E-state index is 10.0. The lowest BCUT2D eigenvalue weighted by atomic mass is 9.84. The van der Waals surface area contributed by atoms with Crippen LogP contribution in [-0.2, 0) is 0 Å². The maximum Gasteiger partial charge on any atom is 0.0695 e. The normalized spacial score (nSPS) is 29.3. The average molecular weight is 243 g/mol. The van der Waals surface area contributed by atoms with Gasteiger partial charge in [0.2, 0.25) is 0 Å². The van der Waals surface area contributed by atoms with Gasteiger partial charge in [-0.05, 0) is 26.3 Å². The largest absolute Gasteiger partial charge is 0.396 e. The van der Waals surface area contributed by atoms with Crippen LogP contribution in [0.4, 0.5) is 0 Å². The first-order chi connectivity index (χ1) is 8.02. The lowest BCUT2D eigenvalue weighted by Gasteiger charge is -2.40. The van der Waals surface area contributed by atoms with Crippen molar-refractivity contribution in [3.05, 3.63) is 0 Å². The van der Waals surface area contributed by atoms with Crippen molar-refractivity contribution >= 4 is 0 Å². The van der Waals surface area contributed by atoms with Gasteiger partial charge in [-0.1, -0.05) is 33.1 Å². The highest BCUT2D eigenvalue weighted by Gasteiger charge is 2.31. The van der Waals surface area contributed by atoms with Gasteiger partial charge in [0.15, 0.2) is 0 Å². The van der Waals surface area contributed by atoms with E-state index < -0.39 is 0 Å². The van der Waals surface area contributed by atoms with E-state index in [1.54, 1.807) is 0 Å². The Hall–Kier alpha value is -0.120. The molecule has 0 aromatic carbocycles. The van der Waals surface area contributed by atoms with Crippen molar-refractivity contribution in [2.45, 2.75) is 64.5 Å². The molecule has 1 saturated carbocycles. The highest BCUT2D eigenvalue weighted by atomic mass is 16.3. The summed E-state index contributed by atoms with van der Waals surface area (Å²) in [4.78, 5) is 2.26. The standard InChI is InChI=1S/C14H29NO2/c1-4-9-14(2,11-16)10-15(3)12-7-5-6-8-13(12)17/h12-13,16-17H,4-11H2,1-3H3. The molecule has 0 heterocycles. The van der Waals surface area contributed by atoms with Gasteiger partial charge >= 0.3 is 0 Å². The summed E-state index contributed by atoms with van der Waals surface area (Å²) in [7, 11) is 2.09. The fourth-order valence-corrected chi connectivity index (χ4v) is 3.14. The lowest BCUT2D eigenvalue weighted by Crippen LogP contribution is -2.48. The minimum atomic E-state index is -0.182. The summed E-state index contributed by atoms with van der Waals surface area (Å²) in [5.74, 6) is 0. The Bertz CT molecular complexity index is 222. The van der Waals surface area contributed by atoms with E-state index in [-0.39, 0.29) is 24.2 Å². The van der Waals surface area contributed by atoms with Crippen LogP contribution in [0.25, 0.3) is 0 Å². The predicted molar refractivity (Wildman–Crippen MR) is 71.0 cm³/mol. The minimum Gasteiger partial charge on any atom is -0.396 e. The lowest BCUT2D eigenvalue weighted by molar-refractivity contribution is 0.00109. The molecular formula is C14H29NO2. The number of aliphatic hydroxyl groups excluding tert-OH is 2. The van der Waals surface area contributed by atoms with Crippen molar-refractivity contribution in [3.63, 3.8) is 0 Å². The van der Waals surface area contributed by atoms with Crippen LogP contribution in [-0.4, -0.2) is 47.5 Å². The van der Waals surface area contributed by atoms with Gasteiger partial charge in [0.25, 0.3) is 0 Å². The number of likely N-dealkylation sites (N-methyl/N-ethyl adjacent to an activating group) is 1. The zero-order chi connectivity index (χ0) is 12.9. The topological polar surface area (TPSA) is 43.7 Å². The van der Waals surface area contributed by atoms with Gasteiger partial charge in [0.05, 0.1) is 6.10 Å². The summed E-state index contributed by atoms with van der Waals surface area (Å²) in [5, 5.41) is 19.6. The van der Waals surface area contributed by atoms with E-state index >= 15 is 0 Å². The highest BCUT2D eigenvalue weighted by Crippen LogP contribution is 2.28. The van der Waals surface area contributed by atoms with E-state index in [1.165, 1.54) is 6.42 Å². The van der Waals surface area contributed by atoms with Gasteiger partial charge in [0.1, 0.15) is 0 Å².